The number of nitrogens with zero attached hydrogens (tertiary/aromatic N) is 1. The lowest BCUT2D eigenvalue weighted by molar-refractivity contribution is -0.139. The van der Waals surface area contributed by atoms with Crippen molar-refractivity contribution in [1.29, 1.82) is 5.26 Å². The first-order valence-corrected chi connectivity index (χ1v) is 8.13. The molecule has 2 aromatic carbocycles. The maximum Gasteiger partial charge on any atom is 0.341 e. The van der Waals surface area contributed by atoms with E-state index in [1.54, 1.807) is 19.2 Å². The minimum atomic E-state index is -1.02. The molecule has 3 aromatic rings. The largest absolute Gasteiger partial charge is 0.497 e. The van der Waals surface area contributed by atoms with Crippen LogP contribution in [0.15, 0.2) is 42.5 Å². The highest BCUT2D eigenvalue weighted by atomic mass is 16.5. The zero-order valence-electron chi connectivity index (χ0n) is 14.3. The zero-order valence-corrected chi connectivity index (χ0v) is 14.3. The van der Waals surface area contributed by atoms with Crippen molar-refractivity contribution in [2.45, 2.75) is 12.8 Å². The number of benzene rings is 2. The van der Waals surface area contributed by atoms with E-state index in [1.807, 2.05) is 30.3 Å². The average Bonchev–Trinajstić information content (AvgIpc) is 3.02. The van der Waals surface area contributed by atoms with E-state index in [0.717, 1.165) is 33.5 Å². The Bertz CT molecular complexity index is 968. The van der Waals surface area contributed by atoms with E-state index in [2.05, 4.69) is 11.1 Å². The molecule has 6 nitrogen and oxygen atoms in total. The van der Waals surface area contributed by atoms with E-state index in [4.69, 9.17) is 19.8 Å². The number of carboxylic acids is 1. The third kappa shape index (κ3) is 3.62. The van der Waals surface area contributed by atoms with E-state index in [9.17, 15) is 4.79 Å². The van der Waals surface area contributed by atoms with Crippen LogP contribution in [0.25, 0.3) is 22.2 Å². The van der Waals surface area contributed by atoms with Gasteiger partial charge in [-0.1, -0.05) is 0 Å². The fourth-order valence-electron chi connectivity index (χ4n) is 2.91. The Kier molecular flexibility index (Phi) is 5.09. The van der Waals surface area contributed by atoms with E-state index >= 15 is 0 Å². The van der Waals surface area contributed by atoms with Crippen LogP contribution in [0.2, 0.25) is 0 Å². The summed E-state index contributed by atoms with van der Waals surface area (Å²) in [5.41, 5.74) is 3.89. The molecule has 132 valence electrons. The van der Waals surface area contributed by atoms with Crippen LogP contribution in [0.4, 0.5) is 0 Å². The van der Waals surface area contributed by atoms with Gasteiger partial charge in [0.05, 0.1) is 13.2 Å². The number of methoxy groups -OCH3 is 1. The van der Waals surface area contributed by atoms with Crippen molar-refractivity contribution in [3.8, 4) is 28.8 Å². The van der Waals surface area contributed by atoms with Gasteiger partial charge in [-0.2, -0.15) is 5.26 Å². The molecule has 0 saturated heterocycles. The molecule has 0 aliphatic rings. The summed E-state index contributed by atoms with van der Waals surface area (Å²) in [6.45, 7) is -0.376. The van der Waals surface area contributed by atoms with Gasteiger partial charge in [0.2, 0.25) is 0 Å². The molecule has 26 heavy (non-hydrogen) atoms. The Labute approximate surface area is 150 Å². The number of hydrogen-bond acceptors (Lipinski definition) is 4. The van der Waals surface area contributed by atoms with Crippen LogP contribution >= 0.6 is 0 Å². The molecule has 0 spiro atoms. The second-order valence-corrected chi connectivity index (χ2v) is 5.75. The maximum atomic E-state index is 10.6. The topological polar surface area (TPSA) is 95.3 Å². The lowest BCUT2D eigenvalue weighted by atomic mass is 10.0. The molecule has 3 rings (SSSR count). The highest BCUT2D eigenvalue weighted by molar-refractivity contribution is 5.91. The van der Waals surface area contributed by atoms with Crippen molar-refractivity contribution < 1.29 is 19.4 Å². The molecule has 0 radical (unpaired) electrons. The number of aromatic nitrogens is 1. The summed E-state index contributed by atoms with van der Waals surface area (Å²) >= 11 is 0. The number of carbonyl (C=O) groups is 1. The van der Waals surface area contributed by atoms with Crippen LogP contribution < -0.4 is 9.47 Å². The van der Waals surface area contributed by atoms with Gasteiger partial charge < -0.3 is 19.6 Å². The number of hydrogen-bond donors (Lipinski definition) is 2. The molecule has 0 atom stereocenters. The molecule has 1 aromatic heterocycles. The second kappa shape index (κ2) is 7.62. The van der Waals surface area contributed by atoms with Gasteiger partial charge in [-0.05, 0) is 53.9 Å². The van der Waals surface area contributed by atoms with E-state index in [-0.39, 0.29) is 6.61 Å². The Balaban J connectivity index is 1.99. The van der Waals surface area contributed by atoms with Crippen molar-refractivity contribution in [3.63, 3.8) is 0 Å². The molecule has 0 amide bonds. The quantitative estimate of drug-likeness (QED) is 0.676. The first-order valence-electron chi connectivity index (χ1n) is 8.13. The molecule has 1 heterocycles. The first-order chi connectivity index (χ1) is 12.6. The highest BCUT2D eigenvalue weighted by Gasteiger charge is 2.14. The first kappa shape index (κ1) is 17.4. The SMILES string of the molecule is COc1ccc2c(CCC#N)c(-c3ccc(OCC(=O)O)cc3)[nH]c2c1. The van der Waals surface area contributed by atoms with E-state index < -0.39 is 5.97 Å². The van der Waals surface area contributed by atoms with Crippen LogP contribution in [0.1, 0.15) is 12.0 Å². The van der Waals surface area contributed by atoms with Gasteiger partial charge in [0.15, 0.2) is 6.61 Å². The highest BCUT2D eigenvalue weighted by Crippen LogP contribution is 2.33. The normalized spacial score (nSPS) is 10.5. The molecular weight excluding hydrogens is 332 g/mol. The molecule has 6 heteroatoms. The predicted molar refractivity (Wildman–Crippen MR) is 97.4 cm³/mol. The average molecular weight is 350 g/mol. The molecular formula is C20H18N2O4. The standard InChI is InChI=1S/C20H18N2O4/c1-25-15-8-9-16-17(3-2-10-21)20(22-18(16)11-15)13-4-6-14(7-5-13)26-12-19(23)24/h4-9,11,22H,2-3,12H2,1H3,(H,23,24). The summed E-state index contributed by atoms with van der Waals surface area (Å²) in [5.74, 6) is 0.236. The number of fused-ring (bicyclic) bond motifs is 1. The summed E-state index contributed by atoms with van der Waals surface area (Å²) in [4.78, 5) is 14.0. The van der Waals surface area contributed by atoms with Crippen LogP contribution in [0, 0.1) is 11.3 Å². The monoisotopic (exact) mass is 350 g/mol. The Morgan fingerprint density at radius 2 is 1.92 bits per heavy atom. The van der Waals surface area contributed by atoms with Crippen LogP contribution in [-0.2, 0) is 11.2 Å². The number of ether oxygens (including phenoxy) is 2. The van der Waals surface area contributed by atoms with Gasteiger partial charge in [-0.25, -0.2) is 4.79 Å². The van der Waals surface area contributed by atoms with Crippen molar-refractivity contribution >= 4 is 16.9 Å². The molecule has 0 unspecified atom stereocenters. The molecule has 0 aliphatic carbocycles. The van der Waals surface area contributed by atoms with Crippen molar-refractivity contribution in [2.24, 2.45) is 0 Å². The summed E-state index contributed by atoms with van der Waals surface area (Å²) in [6, 6.07) is 15.2. The minimum Gasteiger partial charge on any atom is -0.497 e. The number of aromatic amines is 1. The third-order valence-electron chi connectivity index (χ3n) is 4.11. The Morgan fingerprint density at radius 3 is 2.58 bits per heavy atom. The van der Waals surface area contributed by atoms with Gasteiger partial charge in [0.25, 0.3) is 0 Å². The maximum absolute atomic E-state index is 10.6. The fraction of sp³-hybridized carbons (Fsp3) is 0.200. The zero-order chi connectivity index (χ0) is 18.5. The number of aryl methyl sites for hydroxylation is 1. The fourth-order valence-corrected chi connectivity index (χ4v) is 2.91. The summed E-state index contributed by atoms with van der Waals surface area (Å²) in [7, 11) is 1.62. The van der Waals surface area contributed by atoms with Crippen LogP contribution in [0.5, 0.6) is 11.5 Å². The van der Waals surface area contributed by atoms with Gasteiger partial charge in [0, 0.05) is 29.1 Å². The Morgan fingerprint density at radius 1 is 1.19 bits per heavy atom. The second-order valence-electron chi connectivity index (χ2n) is 5.75. The van der Waals surface area contributed by atoms with Crippen LogP contribution in [0.3, 0.4) is 0 Å². The smallest absolute Gasteiger partial charge is 0.341 e. The Hall–Kier alpha value is -3.46. The predicted octanol–water partition coefficient (Wildman–Crippen LogP) is 3.76. The van der Waals surface area contributed by atoms with E-state index in [0.29, 0.717) is 18.6 Å². The number of rotatable bonds is 7. The third-order valence-corrected chi connectivity index (χ3v) is 4.11. The summed E-state index contributed by atoms with van der Waals surface area (Å²) in [5, 5.41) is 18.7. The van der Waals surface area contributed by atoms with E-state index in [1.165, 1.54) is 0 Å². The van der Waals surface area contributed by atoms with Gasteiger partial charge in [0.1, 0.15) is 11.5 Å². The number of H-pyrrole nitrogens is 1. The number of nitrogens with one attached hydrogen (secondary N) is 1. The lowest BCUT2D eigenvalue weighted by Crippen LogP contribution is -2.09. The number of carboxylic acid groups (broad SMARTS) is 1. The number of aliphatic carboxylic acids is 1. The molecule has 0 aliphatic heterocycles. The van der Waals surface area contributed by atoms with Gasteiger partial charge in [-0.3, -0.25) is 0 Å². The molecule has 0 fully saturated rings. The molecule has 0 bridgehead atoms. The van der Waals surface area contributed by atoms with Gasteiger partial charge in [-0.15, -0.1) is 0 Å². The molecule has 2 N–H and O–H groups in total. The lowest BCUT2D eigenvalue weighted by Gasteiger charge is -2.06. The molecule has 0 saturated carbocycles. The van der Waals surface area contributed by atoms with Crippen molar-refractivity contribution in [2.75, 3.05) is 13.7 Å². The summed E-state index contributed by atoms with van der Waals surface area (Å²) in [6.07, 6.45) is 1.06. The van der Waals surface area contributed by atoms with Gasteiger partial charge >= 0.3 is 5.97 Å². The van der Waals surface area contributed by atoms with Crippen molar-refractivity contribution in [3.05, 3.63) is 48.0 Å². The number of nitriles is 1. The van der Waals surface area contributed by atoms with Crippen molar-refractivity contribution in [1.82, 2.24) is 4.98 Å². The van der Waals surface area contributed by atoms with Crippen LogP contribution in [-0.4, -0.2) is 29.8 Å². The summed E-state index contributed by atoms with van der Waals surface area (Å²) < 4.78 is 10.5. The minimum absolute atomic E-state index is 0.376.